The summed E-state index contributed by atoms with van der Waals surface area (Å²) in [6, 6.07) is 0. The molecule has 0 aliphatic rings. The molecule has 0 radical (unpaired) electrons. The first kappa shape index (κ1) is 22.5. The number of hydrogen-bond acceptors (Lipinski definition) is 3. The standard InChI is InChI=1S/2CH2O3.Na.H3P/c2*2-1(3)4;;/h2*(H2,2,3,4);;1H3/q;;+1;/p-1. The molecule has 0 fully saturated rings. The molecule has 3 N–H and O–H groups in total. The number of rotatable bonds is 0. The zero-order valence-corrected chi connectivity index (χ0v) is 8.69. The molecule has 0 heterocycles. The van der Waals surface area contributed by atoms with E-state index in [1.54, 1.807) is 0 Å². The monoisotopic (exact) mass is 180 g/mol. The predicted molar refractivity (Wildman–Crippen MR) is 29.8 cm³/mol. The molecule has 0 aliphatic heterocycles. The molecule has 8 heteroatoms. The van der Waals surface area contributed by atoms with Gasteiger partial charge in [0.2, 0.25) is 6.16 Å². The van der Waals surface area contributed by atoms with Gasteiger partial charge in [-0.05, 0) is 0 Å². The third kappa shape index (κ3) is 430000. The fourth-order valence-corrected chi connectivity index (χ4v) is 0. The van der Waals surface area contributed by atoms with Crippen molar-refractivity contribution in [3.8, 4) is 0 Å². The molecule has 10 heavy (non-hydrogen) atoms. The van der Waals surface area contributed by atoms with Gasteiger partial charge < -0.3 is 25.2 Å². The SMILES string of the molecule is O=C(O)O.O=C([O-])O.P.[Na+]. The van der Waals surface area contributed by atoms with Crippen LogP contribution in [0.15, 0.2) is 0 Å². The first-order valence-corrected chi connectivity index (χ1v) is 1.28. The first-order chi connectivity index (χ1) is 3.46. The van der Waals surface area contributed by atoms with Crippen molar-refractivity contribution in [3.63, 3.8) is 0 Å². The zero-order chi connectivity index (χ0) is 7.15. The van der Waals surface area contributed by atoms with E-state index in [0.29, 0.717) is 0 Å². The third-order valence-electron chi connectivity index (χ3n) is 0. The molecule has 1 atom stereocenters. The number of carboxylic acid groups (broad SMARTS) is 4. The Kier molecular flexibility index (Phi) is 36.0. The topological polar surface area (TPSA) is 118 Å². The fourth-order valence-electron chi connectivity index (χ4n) is 0. The van der Waals surface area contributed by atoms with Crippen molar-refractivity contribution >= 4 is 22.2 Å². The normalized spacial score (nSPS) is 4.80. The second-order valence-corrected chi connectivity index (χ2v) is 0.548. The Morgan fingerprint density at radius 1 is 1.10 bits per heavy atom. The Morgan fingerprint density at radius 3 is 1.10 bits per heavy atom. The number of carbonyl (C=O) groups is 2. The Balaban J connectivity index is -0.0000000300. The summed E-state index contributed by atoms with van der Waals surface area (Å²) in [6.07, 6.45) is -3.92. The van der Waals surface area contributed by atoms with Crippen LogP contribution in [0.2, 0.25) is 0 Å². The first-order valence-electron chi connectivity index (χ1n) is 1.28. The zero-order valence-electron chi connectivity index (χ0n) is 5.27. The van der Waals surface area contributed by atoms with Crippen LogP contribution in [0.25, 0.3) is 0 Å². The summed E-state index contributed by atoms with van der Waals surface area (Å²) < 4.78 is 0. The predicted octanol–water partition coefficient (Wildman–Crippen LogP) is -3.83. The molecule has 0 saturated carbocycles. The number of hydrogen-bond donors (Lipinski definition) is 3. The van der Waals surface area contributed by atoms with E-state index >= 15 is 0 Å². The molecule has 0 aromatic heterocycles. The third-order valence-corrected chi connectivity index (χ3v) is 0. The van der Waals surface area contributed by atoms with E-state index < -0.39 is 12.3 Å². The molecule has 0 aliphatic carbocycles. The maximum Gasteiger partial charge on any atom is 1.00 e. The van der Waals surface area contributed by atoms with Crippen LogP contribution < -0.4 is 34.7 Å². The van der Waals surface area contributed by atoms with Gasteiger partial charge >= 0.3 is 35.7 Å². The summed E-state index contributed by atoms with van der Waals surface area (Å²) in [7, 11) is 0. The van der Waals surface area contributed by atoms with Gasteiger partial charge in [-0.2, -0.15) is 9.90 Å². The van der Waals surface area contributed by atoms with Crippen molar-refractivity contribution < 1.29 is 59.6 Å². The van der Waals surface area contributed by atoms with Crippen molar-refractivity contribution in [2.75, 3.05) is 0 Å². The van der Waals surface area contributed by atoms with E-state index in [2.05, 4.69) is 0 Å². The van der Waals surface area contributed by atoms with Crippen molar-refractivity contribution in [1.29, 1.82) is 0 Å². The molecule has 0 aromatic carbocycles. The molecule has 0 rings (SSSR count). The Labute approximate surface area is 81.8 Å². The van der Waals surface area contributed by atoms with Crippen LogP contribution in [0.4, 0.5) is 9.59 Å². The summed E-state index contributed by atoms with van der Waals surface area (Å²) in [5, 5.41) is 29.2. The summed E-state index contributed by atoms with van der Waals surface area (Å²) in [5.74, 6) is 0. The molecular formula is C2H6NaO6P. The van der Waals surface area contributed by atoms with E-state index in [4.69, 9.17) is 30.0 Å². The molecular weight excluding hydrogens is 174 g/mol. The van der Waals surface area contributed by atoms with Crippen LogP contribution in [0.5, 0.6) is 0 Å². The molecule has 6 nitrogen and oxygen atoms in total. The van der Waals surface area contributed by atoms with Crippen LogP contribution >= 0.6 is 9.90 Å². The van der Waals surface area contributed by atoms with Crippen molar-refractivity contribution in [2.24, 2.45) is 0 Å². The van der Waals surface area contributed by atoms with Crippen molar-refractivity contribution in [2.45, 2.75) is 0 Å². The fraction of sp³-hybridized carbons (Fsp3) is 0. The summed E-state index contributed by atoms with van der Waals surface area (Å²) in [5.41, 5.74) is 0. The van der Waals surface area contributed by atoms with Gasteiger partial charge in [-0.3, -0.25) is 0 Å². The van der Waals surface area contributed by atoms with Crippen LogP contribution in [0, 0.1) is 0 Å². The molecule has 0 aromatic rings. The van der Waals surface area contributed by atoms with Gasteiger partial charge in [0.1, 0.15) is 0 Å². The minimum atomic E-state index is -2.08. The van der Waals surface area contributed by atoms with E-state index in [1.807, 2.05) is 0 Å². The van der Waals surface area contributed by atoms with Gasteiger partial charge in [0.15, 0.2) is 0 Å². The maximum absolute atomic E-state index is 8.56. The second kappa shape index (κ2) is 16.0. The van der Waals surface area contributed by atoms with Gasteiger partial charge in [0.25, 0.3) is 0 Å². The molecule has 0 spiro atoms. The van der Waals surface area contributed by atoms with Gasteiger partial charge in [0, 0.05) is 0 Å². The minimum absolute atomic E-state index is 0. The van der Waals surface area contributed by atoms with Crippen LogP contribution in [-0.2, 0) is 0 Å². The quantitative estimate of drug-likeness (QED) is 0.259. The molecule has 0 bridgehead atoms. The van der Waals surface area contributed by atoms with Crippen LogP contribution in [0.3, 0.4) is 0 Å². The van der Waals surface area contributed by atoms with Crippen LogP contribution in [-0.4, -0.2) is 27.6 Å². The minimum Gasteiger partial charge on any atom is -0.565 e. The Morgan fingerprint density at radius 2 is 1.10 bits per heavy atom. The Bertz CT molecular complexity index is 73.7. The average Bonchev–Trinajstić information content (AvgIpc) is 1.25. The van der Waals surface area contributed by atoms with Gasteiger partial charge in [-0.15, -0.1) is 0 Å². The van der Waals surface area contributed by atoms with E-state index in [-0.39, 0.29) is 39.5 Å². The summed E-state index contributed by atoms with van der Waals surface area (Å²) in [4.78, 5) is 17.0. The largest absolute Gasteiger partial charge is 1.00 e. The van der Waals surface area contributed by atoms with Crippen molar-refractivity contribution in [3.05, 3.63) is 0 Å². The molecule has 56 valence electrons. The average molecular weight is 180 g/mol. The van der Waals surface area contributed by atoms with E-state index in [1.165, 1.54) is 0 Å². The molecule has 0 saturated heterocycles. The molecule has 0 amide bonds. The Hall–Kier alpha value is -0.0300. The molecule has 1 unspecified atom stereocenters. The van der Waals surface area contributed by atoms with Gasteiger partial charge in [0.05, 0.1) is 0 Å². The van der Waals surface area contributed by atoms with Crippen LogP contribution in [0.1, 0.15) is 0 Å². The second-order valence-electron chi connectivity index (χ2n) is 0.548. The van der Waals surface area contributed by atoms with Gasteiger partial charge in [-0.1, -0.05) is 0 Å². The summed E-state index contributed by atoms with van der Waals surface area (Å²) in [6.45, 7) is 0. The van der Waals surface area contributed by atoms with E-state index in [0.717, 1.165) is 0 Å². The van der Waals surface area contributed by atoms with E-state index in [9.17, 15) is 0 Å². The van der Waals surface area contributed by atoms with Crippen molar-refractivity contribution in [1.82, 2.24) is 0 Å². The van der Waals surface area contributed by atoms with Gasteiger partial charge in [-0.25, -0.2) is 4.79 Å². The summed E-state index contributed by atoms with van der Waals surface area (Å²) >= 11 is 0. The maximum atomic E-state index is 8.56. The smallest absolute Gasteiger partial charge is 0.565 e.